The lowest BCUT2D eigenvalue weighted by Crippen LogP contribution is -2.53. The number of benzene rings is 1. The minimum atomic E-state index is -0.162. The molecule has 1 unspecified atom stereocenters. The van der Waals surface area contributed by atoms with Gasteiger partial charge in [0.25, 0.3) is 0 Å². The monoisotopic (exact) mass is 323 g/mol. The van der Waals surface area contributed by atoms with Crippen LogP contribution in [0.2, 0.25) is 5.02 Å². The van der Waals surface area contributed by atoms with Gasteiger partial charge in [0.2, 0.25) is 5.91 Å². The SMILES string of the molecule is COc1ccc(CC(=O)N2CCC3(CCC3O)CC2)cc1Cl. The first-order valence-electron chi connectivity index (χ1n) is 7.82. The number of nitrogens with zero attached hydrogens (tertiary/aromatic N) is 1. The zero-order valence-electron chi connectivity index (χ0n) is 12.8. The standard InChI is InChI=1S/C17H22ClNO3/c1-22-14-3-2-12(10-13(14)18)11-16(21)19-8-6-17(7-9-19)5-4-15(17)20/h2-3,10,15,20H,4-9,11H2,1H3. The summed E-state index contributed by atoms with van der Waals surface area (Å²) in [6.45, 7) is 1.50. The van der Waals surface area contributed by atoms with Crippen LogP contribution in [0.25, 0.3) is 0 Å². The Bertz CT molecular complexity index is 567. The summed E-state index contributed by atoms with van der Waals surface area (Å²) in [5, 5.41) is 10.5. The first-order valence-corrected chi connectivity index (χ1v) is 8.20. The van der Waals surface area contributed by atoms with Crippen LogP contribution in [0.5, 0.6) is 5.75 Å². The van der Waals surface area contributed by atoms with Crippen LogP contribution in [0, 0.1) is 5.41 Å². The number of ether oxygens (including phenoxy) is 1. The van der Waals surface area contributed by atoms with Crippen LogP contribution in [0.4, 0.5) is 0 Å². The molecule has 1 aliphatic carbocycles. The van der Waals surface area contributed by atoms with Gasteiger partial charge in [0, 0.05) is 13.1 Å². The fourth-order valence-electron chi connectivity index (χ4n) is 3.57. The van der Waals surface area contributed by atoms with Crippen LogP contribution < -0.4 is 4.74 Å². The topological polar surface area (TPSA) is 49.8 Å². The van der Waals surface area contributed by atoms with Gasteiger partial charge < -0.3 is 14.7 Å². The molecule has 22 heavy (non-hydrogen) atoms. The van der Waals surface area contributed by atoms with Crippen molar-refractivity contribution in [3.63, 3.8) is 0 Å². The molecule has 3 rings (SSSR count). The highest BCUT2D eigenvalue weighted by Crippen LogP contribution is 2.49. The van der Waals surface area contributed by atoms with E-state index in [0.717, 1.165) is 44.3 Å². The third kappa shape index (κ3) is 2.82. The highest BCUT2D eigenvalue weighted by molar-refractivity contribution is 6.32. The van der Waals surface area contributed by atoms with Crippen molar-refractivity contribution in [1.29, 1.82) is 0 Å². The van der Waals surface area contributed by atoms with Crippen LogP contribution in [0.15, 0.2) is 18.2 Å². The Kier molecular flexibility index (Phi) is 4.33. The van der Waals surface area contributed by atoms with Gasteiger partial charge in [-0.2, -0.15) is 0 Å². The zero-order valence-corrected chi connectivity index (χ0v) is 13.6. The largest absolute Gasteiger partial charge is 0.495 e. The molecule has 2 aliphatic rings. The molecule has 1 saturated carbocycles. The summed E-state index contributed by atoms with van der Waals surface area (Å²) in [4.78, 5) is 14.3. The van der Waals surface area contributed by atoms with Gasteiger partial charge in [-0.3, -0.25) is 4.79 Å². The predicted octanol–water partition coefficient (Wildman–Crippen LogP) is 2.65. The molecule has 1 heterocycles. The third-order valence-electron chi connectivity index (χ3n) is 5.31. The van der Waals surface area contributed by atoms with Crippen LogP contribution >= 0.6 is 11.6 Å². The van der Waals surface area contributed by atoms with Gasteiger partial charge in [-0.15, -0.1) is 0 Å². The summed E-state index contributed by atoms with van der Waals surface area (Å²) in [5.74, 6) is 0.752. The van der Waals surface area contributed by atoms with E-state index in [-0.39, 0.29) is 17.4 Å². The molecule has 1 aromatic carbocycles. The molecule has 1 N–H and O–H groups in total. The maximum absolute atomic E-state index is 12.4. The Hall–Kier alpha value is -1.26. The average Bonchev–Trinajstić information content (AvgIpc) is 2.53. The van der Waals surface area contributed by atoms with Crippen LogP contribution in [0.1, 0.15) is 31.2 Å². The molecule has 0 aromatic heterocycles. The van der Waals surface area contributed by atoms with E-state index in [9.17, 15) is 9.90 Å². The Balaban J connectivity index is 1.58. The van der Waals surface area contributed by atoms with Crippen molar-refractivity contribution < 1.29 is 14.6 Å². The number of hydrogen-bond donors (Lipinski definition) is 1. The molecule has 1 saturated heterocycles. The van der Waals surface area contributed by atoms with Gasteiger partial charge in [-0.1, -0.05) is 17.7 Å². The molecule has 4 nitrogen and oxygen atoms in total. The van der Waals surface area contributed by atoms with E-state index in [1.165, 1.54) is 0 Å². The first-order chi connectivity index (χ1) is 10.5. The van der Waals surface area contributed by atoms with Crippen molar-refractivity contribution in [2.24, 2.45) is 5.41 Å². The summed E-state index contributed by atoms with van der Waals surface area (Å²) in [6, 6.07) is 5.46. The lowest BCUT2D eigenvalue weighted by Gasteiger charge is -2.51. The van der Waals surface area contributed by atoms with Gasteiger partial charge in [-0.05, 0) is 48.8 Å². The van der Waals surface area contributed by atoms with Crippen molar-refractivity contribution in [2.45, 2.75) is 38.2 Å². The fourth-order valence-corrected chi connectivity index (χ4v) is 3.85. The first kappa shape index (κ1) is 15.6. The van der Waals surface area contributed by atoms with Gasteiger partial charge in [0.05, 0.1) is 24.7 Å². The number of halogens is 1. The summed E-state index contributed by atoms with van der Waals surface area (Å²) >= 11 is 6.10. The summed E-state index contributed by atoms with van der Waals surface area (Å²) < 4.78 is 5.12. The van der Waals surface area contributed by atoms with E-state index in [2.05, 4.69) is 0 Å². The average molecular weight is 324 g/mol. The van der Waals surface area contributed by atoms with Gasteiger partial charge in [-0.25, -0.2) is 0 Å². The van der Waals surface area contributed by atoms with Crippen LogP contribution in [0.3, 0.4) is 0 Å². The number of carbonyl (C=O) groups excluding carboxylic acids is 1. The predicted molar refractivity (Wildman–Crippen MR) is 85.2 cm³/mol. The summed E-state index contributed by atoms with van der Waals surface area (Å²) in [5.41, 5.74) is 1.000. The molecule has 0 radical (unpaired) electrons. The van der Waals surface area contributed by atoms with Gasteiger partial charge in [0.1, 0.15) is 5.75 Å². The number of aliphatic hydroxyl groups excluding tert-OH is 1. The molecule has 5 heteroatoms. The van der Waals surface area contributed by atoms with E-state index in [1.807, 2.05) is 11.0 Å². The minimum Gasteiger partial charge on any atom is -0.495 e. The Morgan fingerprint density at radius 1 is 1.41 bits per heavy atom. The molecule has 1 spiro atoms. The molecular formula is C17H22ClNO3. The lowest BCUT2D eigenvalue weighted by atomic mass is 9.61. The quantitative estimate of drug-likeness (QED) is 0.930. The number of aliphatic hydroxyl groups is 1. The second kappa shape index (κ2) is 6.09. The van der Waals surface area contributed by atoms with Crippen LogP contribution in [-0.2, 0) is 11.2 Å². The van der Waals surface area contributed by atoms with E-state index in [0.29, 0.717) is 17.2 Å². The van der Waals surface area contributed by atoms with Crippen molar-refractivity contribution in [2.75, 3.05) is 20.2 Å². The highest BCUT2D eigenvalue weighted by atomic mass is 35.5. The number of likely N-dealkylation sites (tertiary alicyclic amines) is 1. The normalized spacial score (nSPS) is 23.2. The molecule has 120 valence electrons. The van der Waals surface area contributed by atoms with E-state index >= 15 is 0 Å². The van der Waals surface area contributed by atoms with Crippen molar-refractivity contribution in [3.8, 4) is 5.75 Å². The van der Waals surface area contributed by atoms with Gasteiger partial charge in [0.15, 0.2) is 0 Å². The third-order valence-corrected chi connectivity index (χ3v) is 5.60. The smallest absolute Gasteiger partial charge is 0.226 e. The van der Waals surface area contributed by atoms with Crippen molar-refractivity contribution in [1.82, 2.24) is 4.90 Å². The maximum Gasteiger partial charge on any atom is 0.226 e. The molecule has 1 aromatic rings. The molecule has 0 bridgehead atoms. The lowest BCUT2D eigenvalue weighted by molar-refractivity contribution is -0.140. The number of hydrogen-bond acceptors (Lipinski definition) is 3. The minimum absolute atomic E-state index is 0.0974. The number of rotatable bonds is 3. The number of amides is 1. The maximum atomic E-state index is 12.4. The Labute approximate surface area is 136 Å². The second-order valence-corrected chi connectivity index (χ2v) is 6.85. The second-order valence-electron chi connectivity index (χ2n) is 6.44. The summed E-state index contributed by atoms with van der Waals surface area (Å²) in [6.07, 6.45) is 4.05. The van der Waals surface area contributed by atoms with Gasteiger partial charge >= 0.3 is 0 Å². The number of methoxy groups -OCH3 is 1. The molecule has 2 fully saturated rings. The van der Waals surface area contributed by atoms with Crippen molar-refractivity contribution >= 4 is 17.5 Å². The van der Waals surface area contributed by atoms with E-state index in [4.69, 9.17) is 16.3 Å². The Morgan fingerprint density at radius 3 is 2.64 bits per heavy atom. The van der Waals surface area contributed by atoms with Crippen LogP contribution in [-0.4, -0.2) is 42.2 Å². The molecule has 1 aliphatic heterocycles. The Morgan fingerprint density at radius 2 is 2.14 bits per heavy atom. The molecule has 1 atom stereocenters. The zero-order chi connectivity index (χ0) is 15.7. The van der Waals surface area contributed by atoms with Crippen molar-refractivity contribution in [3.05, 3.63) is 28.8 Å². The van der Waals surface area contributed by atoms with E-state index < -0.39 is 0 Å². The number of carbonyl (C=O) groups is 1. The van der Waals surface area contributed by atoms with E-state index in [1.54, 1.807) is 19.2 Å². The molecule has 1 amide bonds. The highest BCUT2D eigenvalue weighted by Gasteiger charge is 2.47. The molecular weight excluding hydrogens is 302 g/mol. The number of piperidine rings is 1. The fraction of sp³-hybridized carbons (Fsp3) is 0.588. The summed E-state index contributed by atoms with van der Waals surface area (Å²) in [7, 11) is 1.57.